The van der Waals surface area contributed by atoms with E-state index in [-0.39, 0.29) is 6.04 Å². The van der Waals surface area contributed by atoms with E-state index in [1.165, 1.54) is 0 Å². The number of halogens is 1. The monoisotopic (exact) mass is 309 g/mol. The summed E-state index contributed by atoms with van der Waals surface area (Å²) >= 11 is 3.51. The number of rotatable bonds is 5. The fourth-order valence-electron chi connectivity index (χ4n) is 1.63. The Labute approximate surface area is 115 Å². The molecule has 96 valence electrons. The highest BCUT2D eigenvalue weighted by atomic mass is 79.9. The third-order valence-corrected chi connectivity index (χ3v) is 3.40. The molecule has 0 aliphatic heterocycles. The molecule has 2 N–H and O–H groups in total. The molecule has 5 heteroatoms. The number of benzene rings is 1. The second-order valence-corrected chi connectivity index (χ2v) is 5.24. The minimum atomic E-state index is 0.156. The quantitative estimate of drug-likeness (QED) is 0.922. The van der Waals surface area contributed by atoms with Crippen LogP contribution in [0.1, 0.15) is 30.6 Å². The van der Waals surface area contributed by atoms with Crippen molar-refractivity contribution in [3.05, 3.63) is 46.0 Å². The first-order valence-electron chi connectivity index (χ1n) is 5.95. The maximum Gasteiger partial charge on any atom is 0.226 e. The predicted octanol–water partition coefficient (Wildman–Crippen LogP) is 2.70. The normalized spacial score (nSPS) is 12.6. The number of hydrogen-bond acceptors (Lipinski definition) is 4. The van der Waals surface area contributed by atoms with Gasteiger partial charge in [0.2, 0.25) is 5.89 Å². The van der Waals surface area contributed by atoms with E-state index in [9.17, 15) is 0 Å². The van der Waals surface area contributed by atoms with Crippen molar-refractivity contribution in [3.8, 4) is 0 Å². The Kier molecular flexibility index (Phi) is 4.49. The van der Waals surface area contributed by atoms with E-state index in [2.05, 4.69) is 26.1 Å². The average molecular weight is 310 g/mol. The summed E-state index contributed by atoms with van der Waals surface area (Å²) in [6, 6.07) is 8.19. The van der Waals surface area contributed by atoms with Crippen LogP contribution in [0, 0.1) is 0 Å². The van der Waals surface area contributed by atoms with Gasteiger partial charge >= 0.3 is 0 Å². The highest BCUT2D eigenvalue weighted by Gasteiger charge is 2.09. The van der Waals surface area contributed by atoms with Crippen molar-refractivity contribution in [2.24, 2.45) is 5.73 Å². The van der Waals surface area contributed by atoms with E-state index in [0.717, 1.165) is 22.9 Å². The number of nitrogens with zero attached hydrogens (tertiary/aromatic N) is 2. The van der Waals surface area contributed by atoms with E-state index in [1.54, 1.807) is 0 Å². The van der Waals surface area contributed by atoms with E-state index in [1.807, 2.05) is 31.2 Å². The summed E-state index contributed by atoms with van der Waals surface area (Å²) in [7, 11) is 0. The fourth-order valence-corrected chi connectivity index (χ4v) is 2.05. The number of aromatic nitrogens is 2. The molecular formula is C13H16BrN3O. The van der Waals surface area contributed by atoms with E-state index < -0.39 is 0 Å². The lowest BCUT2D eigenvalue weighted by molar-refractivity contribution is 0.368. The topological polar surface area (TPSA) is 64.9 Å². The van der Waals surface area contributed by atoms with Gasteiger partial charge in [-0.15, -0.1) is 0 Å². The Hall–Kier alpha value is -1.20. The summed E-state index contributed by atoms with van der Waals surface area (Å²) in [5, 5.41) is 3.98. The van der Waals surface area contributed by atoms with Crippen molar-refractivity contribution in [2.45, 2.75) is 32.2 Å². The van der Waals surface area contributed by atoms with Crippen LogP contribution in [0.5, 0.6) is 0 Å². The zero-order valence-electron chi connectivity index (χ0n) is 10.3. The third kappa shape index (κ3) is 3.65. The van der Waals surface area contributed by atoms with Gasteiger partial charge in [0.15, 0.2) is 5.82 Å². The predicted molar refractivity (Wildman–Crippen MR) is 73.2 cm³/mol. The van der Waals surface area contributed by atoms with Crippen molar-refractivity contribution in [2.75, 3.05) is 0 Å². The molecule has 0 bridgehead atoms. The van der Waals surface area contributed by atoms with Crippen LogP contribution in [0.3, 0.4) is 0 Å². The third-order valence-electron chi connectivity index (χ3n) is 2.63. The van der Waals surface area contributed by atoms with Gasteiger partial charge in [0.05, 0.1) is 0 Å². The van der Waals surface area contributed by atoms with Gasteiger partial charge in [0, 0.05) is 23.4 Å². The van der Waals surface area contributed by atoms with Crippen LogP contribution in [-0.4, -0.2) is 16.2 Å². The molecule has 1 aromatic carbocycles. The zero-order valence-corrected chi connectivity index (χ0v) is 11.9. The van der Waals surface area contributed by atoms with Gasteiger partial charge in [-0.3, -0.25) is 0 Å². The minimum Gasteiger partial charge on any atom is -0.339 e. The number of nitrogens with two attached hydrogens (primary N) is 1. The summed E-state index contributed by atoms with van der Waals surface area (Å²) in [5.74, 6) is 1.37. The van der Waals surface area contributed by atoms with Crippen molar-refractivity contribution in [1.82, 2.24) is 10.1 Å². The Morgan fingerprint density at radius 3 is 2.89 bits per heavy atom. The van der Waals surface area contributed by atoms with Crippen LogP contribution < -0.4 is 5.73 Å². The van der Waals surface area contributed by atoms with E-state index >= 15 is 0 Å². The molecule has 0 radical (unpaired) electrons. The number of hydrogen-bond donors (Lipinski definition) is 1. The standard InChI is InChI=1S/C13H16BrN3O/c1-9(15)6-7-13-16-12(17-18-13)8-10-4-2-3-5-11(10)14/h2-5,9H,6-8,15H2,1H3. The summed E-state index contributed by atoms with van der Waals surface area (Å²) in [6.45, 7) is 1.97. The summed E-state index contributed by atoms with van der Waals surface area (Å²) in [5.41, 5.74) is 6.84. The van der Waals surface area contributed by atoms with Gasteiger partial charge in [0.25, 0.3) is 0 Å². The van der Waals surface area contributed by atoms with Gasteiger partial charge < -0.3 is 10.3 Å². The van der Waals surface area contributed by atoms with Crippen LogP contribution >= 0.6 is 15.9 Å². The lowest BCUT2D eigenvalue weighted by atomic mass is 10.1. The first-order chi connectivity index (χ1) is 8.65. The molecule has 1 aromatic heterocycles. The molecule has 0 fully saturated rings. The molecular weight excluding hydrogens is 294 g/mol. The van der Waals surface area contributed by atoms with Gasteiger partial charge in [0.1, 0.15) is 0 Å². The highest BCUT2D eigenvalue weighted by Crippen LogP contribution is 2.18. The first kappa shape index (κ1) is 13.2. The summed E-state index contributed by atoms with van der Waals surface area (Å²) in [4.78, 5) is 4.36. The Morgan fingerprint density at radius 2 is 2.17 bits per heavy atom. The molecule has 0 saturated carbocycles. The van der Waals surface area contributed by atoms with Gasteiger partial charge in [-0.25, -0.2) is 0 Å². The molecule has 0 saturated heterocycles. The van der Waals surface area contributed by atoms with E-state index in [4.69, 9.17) is 10.3 Å². The fraction of sp³-hybridized carbons (Fsp3) is 0.385. The second-order valence-electron chi connectivity index (χ2n) is 4.39. The van der Waals surface area contributed by atoms with Crippen molar-refractivity contribution in [1.29, 1.82) is 0 Å². The van der Waals surface area contributed by atoms with Crippen molar-refractivity contribution >= 4 is 15.9 Å². The van der Waals surface area contributed by atoms with Crippen LogP contribution in [0.25, 0.3) is 0 Å². The second kappa shape index (κ2) is 6.11. The van der Waals surface area contributed by atoms with Crippen LogP contribution in [0.2, 0.25) is 0 Å². The Morgan fingerprint density at radius 1 is 1.39 bits per heavy atom. The molecule has 2 rings (SSSR count). The molecule has 0 amide bonds. The highest BCUT2D eigenvalue weighted by molar-refractivity contribution is 9.10. The van der Waals surface area contributed by atoms with Crippen LogP contribution in [0.4, 0.5) is 0 Å². The summed E-state index contributed by atoms with van der Waals surface area (Å²) < 4.78 is 6.26. The smallest absolute Gasteiger partial charge is 0.226 e. The molecule has 0 spiro atoms. The lowest BCUT2D eigenvalue weighted by Crippen LogP contribution is -2.15. The lowest BCUT2D eigenvalue weighted by Gasteiger charge is -2.00. The van der Waals surface area contributed by atoms with Crippen molar-refractivity contribution < 1.29 is 4.52 Å². The molecule has 18 heavy (non-hydrogen) atoms. The molecule has 1 unspecified atom stereocenters. The molecule has 1 atom stereocenters. The van der Waals surface area contributed by atoms with Crippen molar-refractivity contribution in [3.63, 3.8) is 0 Å². The average Bonchev–Trinajstić information content (AvgIpc) is 2.77. The summed E-state index contributed by atoms with van der Waals surface area (Å²) in [6.07, 6.45) is 2.26. The van der Waals surface area contributed by atoms with Gasteiger partial charge in [-0.2, -0.15) is 4.98 Å². The maximum atomic E-state index is 5.69. The Balaban J connectivity index is 2.00. The van der Waals surface area contributed by atoms with Gasteiger partial charge in [-0.05, 0) is 25.0 Å². The van der Waals surface area contributed by atoms with Gasteiger partial charge in [-0.1, -0.05) is 39.3 Å². The van der Waals surface area contributed by atoms with E-state index in [0.29, 0.717) is 18.1 Å². The largest absolute Gasteiger partial charge is 0.339 e. The Bertz CT molecular complexity index is 510. The minimum absolute atomic E-state index is 0.156. The SMILES string of the molecule is CC(N)CCc1nc(Cc2ccccc2Br)no1. The maximum absolute atomic E-state index is 5.69. The molecule has 2 aromatic rings. The molecule has 4 nitrogen and oxygen atoms in total. The number of aryl methyl sites for hydroxylation is 1. The molecule has 0 aliphatic carbocycles. The van der Waals surface area contributed by atoms with Crippen LogP contribution in [-0.2, 0) is 12.8 Å². The van der Waals surface area contributed by atoms with Crippen LogP contribution in [0.15, 0.2) is 33.3 Å². The molecule has 1 heterocycles. The molecule has 0 aliphatic rings. The first-order valence-corrected chi connectivity index (χ1v) is 6.75. The zero-order chi connectivity index (χ0) is 13.0.